The molecule has 0 aliphatic heterocycles. The number of rotatable bonds is 5. The van der Waals surface area contributed by atoms with Crippen molar-refractivity contribution in [3.8, 4) is 12.0 Å². The standard InChI is InChI=1S/C20H21N7O/c1-14(2)17-11-18(27(25-17)19-22-8-5-9-23-19)24-20(28)26(3)13-16-7-4-6-15(10-16)12-21/h4-11,14H,13H2,1-3H3,(H,24,28). The normalized spacial score (nSPS) is 10.5. The van der Waals surface area contributed by atoms with Crippen molar-refractivity contribution in [3.63, 3.8) is 0 Å². The van der Waals surface area contributed by atoms with Crippen molar-refractivity contribution < 1.29 is 4.79 Å². The molecule has 0 bridgehead atoms. The largest absolute Gasteiger partial charge is 0.323 e. The van der Waals surface area contributed by atoms with E-state index in [9.17, 15) is 4.79 Å². The lowest BCUT2D eigenvalue weighted by Gasteiger charge is -2.18. The molecular formula is C20H21N7O. The Morgan fingerprint density at radius 3 is 2.68 bits per heavy atom. The topological polar surface area (TPSA) is 99.7 Å². The lowest BCUT2D eigenvalue weighted by molar-refractivity contribution is 0.220. The highest BCUT2D eigenvalue weighted by Gasteiger charge is 2.17. The smallest absolute Gasteiger partial charge is 0.323 e. The van der Waals surface area contributed by atoms with Crippen LogP contribution in [0.15, 0.2) is 48.8 Å². The van der Waals surface area contributed by atoms with Crippen molar-refractivity contribution in [2.24, 2.45) is 0 Å². The predicted molar refractivity (Wildman–Crippen MR) is 105 cm³/mol. The molecule has 8 nitrogen and oxygen atoms in total. The molecule has 3 rings (SSSR count). The SMILES string of the molecule is CC(C)c1cc(NC(=O)N(C)Cc2cccc(C#N)c2)n(-c2ncccn2)n1. The Balaban J connectivity index is 1.80. The number of nitrogens with zero attached hydrogens (tertiary/aromatic N) is 6. The van der Waals surface area contributed by atoms with Crippen molar-refractivity contribution in [3.05, 3.63) is 65.6 Å². The average Bonchev–Trinajstić information content (AvgIpc) is 3.13. The van der Waals surface area contributed by atoms with E-state index in [2.05, 4.69) is 26.5 Å². The molecule has 2 heterocycles. The van der Waals surface area contributed by atoms with Gasteiger partial charge in [-0.25, -0.2) is 14.8 Å². The fraction of sp³-hybridized carbons (Fsp3) is 0.250. The number of nitrogens with one attached hydrogen (secondary N) is 1. The molecule has 0 aliphatic carbocycles. The molecule has 0 saturated carbocycles. The number of hydrogen-bond acceptors (Lipinski definition) is 5. The molecule has 8 heteroatoms. The Hall–Kier alpha value is -3.73. The van der Waals surface area contributed by atoms with E-state index < -0.39 is 0 Å². The predicted octanol–water partition coefficient (Wildman–Crippen LogP) is 3.32. The summed E-state index contributed by atoms with van der Waals surface area (Å²) in [6, 6.07) is 12.5. The van der Waals surface area contributed by atoms with E-state index in [0.29, 0.717) is 23.9 Å². The van der Waals surface area contributed by atoms with Crippen LogP contribution in [0.2, 0.25) is 0 Å². The summed E-state index contributed by atoms with van der Waals surface area (Å²) in [5.41, 5.74) is 2.26. The number of aromatic nitrogens is 4. The third-order valence-electron chi connectivity index (χ3n) is 4.12. The maximum absolute atomic E-state index is 12.7. The van der Waals surface area contributed by atoms with Gasteiger partial charge in [-0.1, -0.05) is 26.0 Å². The molecule has 0 radical (unpaired) electrons. The maximum atomic E-state index is 12.7. The first-order valence-corrected chi connectivity index (χ1v) is 8.86. The molecule has 2 aromatic heterocycles. The van der Waals surface area contributed by atoms with E-state index in [-0.39, 0.29) is 11.9 Å². The molecule has 0 spiro atoms. The third-order valence-corrected chi connectivity index (χ3v) is 4.12. The quantitative estimate of drug-likeness (QED) is 0.737. The molecular weight excluding hydrogens is 354 g/mol. The number of carbonyl (C=O) groups is 1. The van der Waals surface area contributed by atoms with Gasteiger partial charge in [-0.2, -0.15) is 15.0 Å². The Bertz CT molecular complexity index is 1000. The molecule has 2 amide bonds. The summed E-state index contributed by atoms with van der Waals surface area (Å²) in [4.78, 5) is 22.7. The van der Waals surface area contributed by atoms with Gasteiger partial charge in [-0.05, 0) is 29.7 Å². The van der Waals surface area contributed by atoms with Gasteiger partial charge in [-0.3, -0.25) is 5.32 Å². The number of amides is 2. The van der Waals surface area contributed by atoms with Crippen molar-refractivity contribution in [1.29, 1.82) is 5.26 Å². The lowest BCUT2D eigenvalue weighted by atomic mass is 10.1. The number of urea groups is 1. The number of hydrogen-bond donors (Lipinski definition) is 1. The Morgan fingerprint density at radius 2 is 2.00 bits per heavy atom. The summed E-state index contributed by atoms with van der Waals surface area (Å²) < 4.78 is 1.53. The zero-order valence-electron chi connectivity index (χ0n) is 16.0. The molecule has 0 fully saturated rings. The maximum Gasteiger partial charge on any atom is 0.323 e. The van der Waals surface area contributed by atoms with Crippen molar-refractivity contribution in [2.75, 3.05) is 12.4 Å². The average molecular weight is 375 g/mol. The minimum absolute atomic E-state index is 0.187. The van der Waals surface area contributed by atoms with Crippen LogP contribution in [-0.2, 0) is 6.54 Å². The first-order chi connectivity index (χ1) is 13.5. The fourth-order valence-corrected chi connectivity index (χ4v) is 2.61. The van der Waals surface area contributed by atoms with Gasteiger partial charge in [0.15, 0.2) is 0 Å². The third kappa shape index (κ3) is 4.32. The molecule has 28 heavy (non-hydrogen) atoms. The second-order valence-electron chi connectivity index (χ2n) is 6.67. The summed E-state index contributed by atoms with van der Waals surface area (Å²) >= 11 is 0. The zero-order valence-corrected chi connectivity index (χ0v) is 16.0. The molecule has 0 saturated heterocycles. The highest BCUT2D eigenvalue weighted by atomic mass is 16.2. The van der Waals surface area contributed by atoms with Gasteiger partial charge in [0, 0.05) is 32.1 Å². The lowest BCUT2D eigenvalue weighted by Crippen LogP contribution is -2.31. The number of nitriles is 1. The molecule has 1 aromatic carbocycles. The van der Waals surface area contributed by atoms with Crippen LogP contribution < -0.4 is 5.32 Å². The van der Waals surface area contributed by atoms with E-state index >= 15 is 0 Å². The zero-order chi connectivity index (χ0) is 20.1. The van der Waals surface area contributed by atoms with Gasteiger partial charge >= 0.3 is 6.03 Å². The van der Waals surface area contributed by atoms with E-state index in [1.165, 1.54) is 9.58 Å². The second kappa shape index (κ2) is 8.31. The summed E-state index contributed by atoms with van der Waals surface area (Å²) in [5.74, 6) is 1.07. The summed E-state index contributed by atoms with van der Waals surface area (Å²) in [7, 11) is 1.69. The molecule has 0 atom stereocenters. The summed E-state index contributed by atoms with van der Waals surface area (Å²) in [6.07, 6.45) is 3.25. The van der Waals surface area contributed by atoms with Gasteiger partial charge in [0.05, 0.1) is 17.3 Å². The van der Waals surface area contributed by atoms with E-state index in [0.717, 1.165) is 11.3 Å². The Morgan fingerprint density at radius 1 is 1.25 bits per heavy atom. The van der Waals surface area contributed by atoms with Crippen LogP contribution in [0.3, 0.4) is 0 Å². The van der Waals surface area contributed by atoms with Gasteiger partial charge < -0.3 is 4.90 Å². The molecule has 142 valence electrons. The highest BCUT2D eigenvalue weighted by molar-refractivity contribution is 5.88. The van der Waals surface area contributed by atoms with Crippen LogP contribution in [0.5, 0.6) is 0 Å². The minimum Gasteiger partial charge on any atom is -0.323 e. The van der Waals surface area contributed by atoms with Gasteiger partial charge in [0.1, 0.15) is 5.82 Å². The minimum atomic E-state index is -0.297. The van der Waals surface area contributed by atoms with Crippen LogP contribution in [0.25, 0.3) is 5.95 Å². The van der Waals surface area contributed by atoms with Crippen molar-refractivity contribution in [1.82, 2.24) is 24.6 Å². The number of anilines is 1. The van der Waals surface area contributed by atoms with Gasteiger partial charge in [0.25, 0.3) is 5.95 Å². The van der Waals surface area contributed by atoms with Gasteiger partial charge in [-0.15, -0.1) is 0 Å². The molecule has 3 aromatic rings. The summed E-state index contributed by atoms with van der Waals surface area (Å²) in [6.45, 7) is 4.42. The highest BCUT2D eigenvalue weighted by Crippen LogP contribution is 2.21. The van der Waals surface area contributed by atoms with Crippen LogP contribution >= 0.6 is 0 Å². The Labute approximate surface area is 163 Å². The van der Waals surface area contributed by atoms with E-state index in [4.69, 9.17) is 5.26 Å². The van der Waals surface area contributed by atoms with E-state index in [1.807, 2.05) is 26.0 Å². The number of benzene rings is 1. The monoisotopic (exact) mass is 375 g/mol. The van der Waals surface area contributed by atoms with Crippen molar-refractivity contribution in [2.45, 2.75) is 26.3 Å². The van der Waals surface area contributed by atoms with Crippen LogP contribution in [0, 0.1) is 11.3 Å². The van der Waals surface area contributed by atoms with Crippen LogP contribution in [0.1, 0.15) is 36.6 Å². The van der Waals surface area contributed by atoms with Crippen LogP contribution in [0.4, 0.5) is 10.6 Å². The summed E-state index contributed by atoms with van der Waals surface area (Å²) in [5, 5.41) is 16.4. The van der Waals surface area contributed by atoms with Crippen molar-refractivity contribution >= 4 is 11.8 Å². The molecule has 0 aliphatic rings. The Kier molecular flexibility index (Phi) is 5.65. The molecule has 1 N–H and O–H groups in total. The van der Waals surface area contributed by atoms with Crippen LogP contribution in [-0.4, -0.2) is 37.7 Å². The first kappa shape index (κ1) is 19.0. The first-order valence-electron chi connectivity index (χ1n) is 8.86. The number of carbonyl (C=O) groups excluding carboxylic acids is 1. The molecule has 0 unspecified atom stereocenters. The fourth-order valence-electron chi connectivity index (χ4n) is 2.61. The van der Waals surface area contributed by atoms with Gasteiger partial charge in [0.2, 0.25) is 0 Å². The second-order valence-corrected chi connectivity index (χ2v) is 6.67. The van der Waals surface area contributed by atoms with E-state index in [1.54, 1.807) is 43.7 Å².